The Balaban J connectivity index is 1.73. The quantitative estimate of drug-likeness (QED) is 0.612. The van der Waals surface area contributed by atoms with E-state index in [-0.39, 0.29) is 5.91 Å². The number of hydrogen-bond donors (Lipinski definition) is 1. The maximum Gasteiger partial charge on any atom is 0.221 e. The zero-order valence-electron chi connectivity index (χ0n) is 13.0. The number of aliphatic imine (C=N–C) groups is 1. The lowest BCUT2D eigenvalue weighted by Crippen LogP contribution is -2.04. The van der Waals surface area contributed by atoms with E-state index in [2.05, 4.69) is 26.2 Å². The van der Waals surface area contributed by atoms with Crippen LogP contribution in [0, 0.1) is 0 Å². The highest BCUT2D eigenvalue weighted by Crippen LogP contribution is 2.29. The fourth-order valence-corrected chi connectivity index (χ4v) is 2.68. The topological polar surface area (TPSA) is 54.6 Å². The van der Waals surface area contributed by atoms with Crippen molar-refractivity contribution in [3.05, 3.63) is 70.9 Å². The maximum atomic E-state index is 11.0. The molecule has 1 amide bonds. The number of carbonyl (C=O) groups excluding carboxylic acids is 1. The lowest BCUT2D eigenvalue weighted by Gasteiger charge is -2.01. The maximum absolute atomic E-state index is 11.0. The van der Waals surface area contributed by atoms with Crippen LogP contribution in [0.2, 0.25) is 0 Å². The van der Waals surface area contributed by atoms with Crippen LogP contribution >= 0.6 is 15.9 Å². The lowest BCUT2D eigenvalue weighted by atomic mass is 10.2. The Hall–Kier alpha value is -2.66. The van der Waals surface area contributed by atoms with Gasteiger partial charge in [-0.1, -0.05) is 34.1 Å². The Morgan fingerprint density at radius 3 is 2.54 bits per heavy atom. The van der Waals surface area contributed by atoms with E-state index in [1.807, 2.05) is 60.7 Å². The number of benzene rings is 2. The molecule has 0 aliphatic carbocycles. The third-order valence-electron chi connectivity index (χ3n) is 3.29. The molecule has 5 heteroatoms. The third-order valence-corrected chi connectivity index (χ3v) is 3.99. The van der Waals surface area contributed by atoms with Gasteiger partial charge in [-0.05, 0) is 42.5 Å². The first-order valence-electron chi connectivity index (χ1n) is 7.38. The second-order valence-corrected chi connectivity index (χ2v) is 6.02. The first-order valence-corrected chi connectivity index (χ1v) is 8.17. The summed E-state index contributed by atoms with van der Waals surface area (Å²) in [6.07, 6.45) is 1.67. The van der Waals surface area contributed by atoms with Crippen LogP contribution in [0.25, 0.3) is 11.3 Å². The van der Waals surface area contributed by atoms with Crippen molar-refractivity contribution in [2.24, 2.45) is 4.99 Å². The Bertz CT molecular complexity index is 882. The van der Waals surface area contributed by atoms with Crippen LogP contribution in [-0.4, -0.2) is 12.1 Å². The molecule has 1 N–H and O–H groups in total. The number of nitrogens with one attached hydrogen (secondary N) is 1. The summed E-state index contributed by atoms with van der Waals surface area (Å²) in [5.74, 6) is 1.36. The second kappa shape index (κ2) is 7.27. The number of rotatable bonds is 4. The molecule has 1 aromatic heterocycles. The van der Waals surface area contributed by atoms with E-state index < -0.39 is 0 Å². The summed E-state index contributed by atoms with van der Waals surface area (Å²) in [6, 6.07) is 19.0. The molecule has 0 atom stereocenters. The molecular formula is C19H15BrN2O2. The van der Waals surface area contributed by atoms with Gasteiger partial charge >= 0.3 is 0 Å². The number of carbonyl (C=O) groups is 1. The van der Waals surface area contributed by atoms with Gasteiger partial charge in [0.05, 0.1) is 11.9 Å². The summed E-state index contributed by atoms with van der Waals surface area (Å²) in [5, 5.41) is 2.72. The SMILES string of the molecule is CC(=O)Nc1ccc(N=Cc2ccc(-c3ccccc3Br)o2)cc1. The molecule has 0 aliphatic rings. The predicted octanol–water partition coefficient (Wildman–Crippen LogP) is 5.42. The van der Waals surface area contributed by atoms with Crippen molar-refractivity contribution >= 4 is 39.4 Å². The standard InChI is InChI=1S/C19H15BrN2O2/c1-13(23)22-15-8-6-14(7-9-15)21-12-16-10-11-19(24-16)17-4-2-3-5-18(17)20/h2-12H,1H3,(H,22,23). The van der Waals surface area contributed by atoms with Gasteiger partial charge in [0.1, 0.15) is 11.5 Å². The monoisotopic (exact) mass is 382 g/mol. The molecule has 0 spiro atoms. The molecule has 2 aromatic carbocycles. The van der Waals surface area contributed by atoms with Gasteiger partial charge in [-0.25, -0.2) is 0 Å². The highest BCUT2D eigenvalue weighted by Gasteiger charge is 2.06. The van der Waals surface area contributed by atoms with Crippen molar-refractivity contribution < 1.29 is 9.21 Å². The fourth-order valence-electron chi connectivity index (χ4n) is 2.20. The molecule has 3 aromatic rings. The predicted molar refractivity (Wildman–Crippen MR) is 99.8 cm³/mol. The second-order valence-electron chi connectivity index (χ2n) is 5.17. The molecular weight excluding hydrogens is 368 g/mol. The Labute approximate surface area is 148 Å². The van der Waals surface area contributed by atoms with Crippen LogP contribution in [0.3, 0.4) is 0 Å². The molecule has 0 bridgehead atoms. The van der Waals surface area contributed by atoms with E-state index in [0.29, 0.717) is 5.76 Å². The Morgan fingerprint density at radius 2 is 1.83 bits per heavy atom. The summed E-state index contributed by atoms with van der Waals surface area (Å²) in [7, 11) is 0. The average Bonchev–Trinajstić information content (AvgIpc) is 3.03. The van der Waals surface area contributed by atoms with Crippen LogP contribution in [-0.2, 0) is 4.79 Å². The summed E-state index contributed by atoms with van der Waals surface area (Å²) < 4.78 is 6.80. The van der Waals surface area contributed by atoms with Crippen LogP contribution in [0.5, 0.6) is 0 Å². The molecule has 3 rings (SSSR count). The number of nitrogens with zero attached hydrogens (tertiary/aromatic N) is 1. The average molecular weight is 383 g/mol. The van der Waals surface area contributed by atoms with Gasteiger partial charge < -0.3 is 9.73 Å². The summed E-state index contributed by atoms with van der Waals surface area (Å²) in [5.41, 5.74) is 2.52. The molecule has 120 valence electrons. The summed E-state index contributed by atoms with van der Waals surface area (Å²) >= 11 is 3.52. The first kappa shape index (κ1) is 16.2. The number of amides is 1. The zero-order valence-corrected chi connectivity index (χ0v) is 14.6. The van der Waals surface area contributed by atoms with E-state index in [0.717, 1.165) is 27.2 Å². The normalized spacial score (nSPS) is 10.9. The molecule has 4 nitrogen and oxygen atoms in total. The highest BCUT2D eigenvalue weighted by atomic mass is 79.9. The van der Waals surface area contributed by atoms with Crippen molar-refractivity contribution in [3.8, 4) is 11.3 Å². The van der Waals surface area contributed by atoms with Gasteiger partial charge in [0.2, 0.25) is 5.91 Å². The minimum Gasteiger partial charge on any atom is -0.455 e. The van der Waals surface area contributed by atoms with Crippen LogP contribution < -0.4 is 5.32 Å². The van der Waals surface area contributed by atoms with Gasteiger partial charge in [0, 0.05) is 22.6 Å². The van der Waals surface area contributed by atoms with Gasteiger partial charge in [0.15, 0.2) is 0 Å². The highest BCUT2D eigenvalue weighted by molar-refractivity contribution is 9.10. The summed E-state index contributed by atoms with van der Waals surface area (Å²) in [4.78, 5) is 15.4. The van der Waals surface area contributed by atoms with Crippen molar-refractivity contribution in [1.29, 1.82) is 0 Å². The largest absolute Gasteiger partial charge is 0.455 e. The smallest absolute Gasteiger partial charge is 0.221 e. The third kappa shape index (κ3) is 4.00. The minimum absolute atomic E-state index is 0.0959. The Morgan fingerprint density at radius 1 is 1.08 bits per heavy atom. The molecule has 0 fully saturated rings. The zero-order chi connectivity index (χ0) is 16.9. The minimum atomic E-state index is -0.0959. The molecule has 0 aliphatic heterocycles. The van der Waals surface area contributed by atoms with E-state index in [1.165, 1.54) is 6.92 Å². The molecule has 0 saturated heterocycles. The van der Waals surface area contributed by atoms with E-state index in [4.69, 9.17) is 4.42 Å². The lowest BCUT2D eigenvalue weighted by molar-refractivity contribution is -0.114. The van der Waals surface area contributed by atoms with Gasteiger partial charge in [0.25, 0.3) is 0 Å². The Kier molecular flexibility index (Phi) is 4.91. The van der Waals surface area contributed by atoms with Crippen LogP contribution in [0.4, 0.5) is 11.4 Å². The molecule has 24 heavy (non-hydrogen) atoms. The van der Waals surface area contributed by atoms with Crippen molar-refractivity contribution in [2.45, 2.75) is 6.92 Å². The molecule has 0 radical (unpaired) electrons. The van der Waals surface area contributed by atoms with Gasteiger partial charge in [-0.2, -0.15) is 0 Å². The summed E-state index contributed by atoms with van der Waals surface area (Å²) in [6.45, 7) is 1.48. The van der Waals surface area contributed by atoms with E-state index in [9.17, 15) is 4.79 Å². The molecule has 1 heterocycles. The van der Waals surface area contributed by atoms with Crippen molar-refractivity contribution in [3.63, 3.8) is 0 Å². The fraction of sp³-hybridized carbons (Fsp3) is 0.0526. The first-order chi connectivity index (χ1) is 11.6. The van der Waals surface area contributed by atoms with Crippen LogP contribution in [0.1, 0.15) is 12.7 Å². The number of anilines is 1. The number of furan rings is 1. The number of hydrogen-bond acceptors (Lipinski definition) is 3. The molecule has 0 unspecified atom stereocenters. The number of halogens is 1. The molecule has 0 saturated carbocycles. The van der Waals surface area contributed by atoms with E-state index in [1.54, 1.807) is 6.21 Å². The van der Waals surface area contributed by atoms with Gasteiger partial charge in [-0.15, -0.1) is 0 Å². The van der Waals surface area contributed by atoms with Crippen LogP contribution in [0.15, 0.2) is 74.5 Å². The van der Waals surface area contributed by atoms with E-state index >= 15 is 0 Å². The van der Waals surface area contributed by atoms with Gasteiger partial charge in [-0.3, -0.25) is 9.79 Å². The van der Waals surface area contributed by atoms with Crippen molar-refractivity contribution in [2.75, 3.05) is 5.32 Å². The van der Waals surface area contributed by atoms with Crippen molar-refractivity contribution in [1.82, 2.24) is 0 Å².